The molecule has 1 aromatic heterocycles. The van der Waals surface area contributed by atoms with Gasteiger partial charge in [0.2, 0.25) is 35.4 Å². The number of nitrogens with two attached hydrogens (primary N) is 1. The highest BCUT2D eigenvalue weighted by molar-refractivity contribution is 5.96. The molecule has 0 aliphatic heterocycles. The maximum Gasteiger partial charge on any atom is 0.325 e. The molecule has 304 valence electrons. The summed E-state index contributed by atoms with van der Waals surface area (Å²) in [6.07, 6.45) is 1.60. The Bertz CT molecular complexity index is 1850. The van der Waals surface area contributed by atoms with Crippen molar-refractivity contribution in [2.24, 2.45) is 11.7 Å². The number of benzene rings is 2. The number of aliphatic hydroxyl groups excluding tert-OH is 2. The molecule has 56 heavy (non-hydrogen) atoms. The van der Waals surface area contributed by atoms with Gasteiger partial charge in [0, 0.05) is 29.9 Å². The van der Waals surface area contributed by atoms with Gasteiger partial charge < -0.3 is 63.0 Å². The number of aromatic amines is 1. The summed E-state index contributed by atoms with van der Waals surface area (Å²) in [5, 5.41) is 53.5. The van der Waals surface area contributed by atoms with E-state index >= 15 is 0 Å². The molecule has 19 nitrogen and oxygen atoms in total. The summed E-state index contributed by atoms with van der Waals surface area (Å²) in [4.78, 5) is 93.1. The van der Waals surface area contributed by atoms with Crippen molar-refractivity contribution < 1.29 is 54.0 Å². The summed E-state index contributed by atoms with van der Waals surface area (Å²) >= 11 is 0. The van der Waals surface area contributed by atoms with Crippen LogP contribution in [0.1, 0.15) is 38.3 Å². The van der Waals surface area contributed by atoms with Crippen LogP contribution in [0.15, 0.2) is 54.7 Å². The van der Waals surface area contributed by atoms with Crippen LogP contribution in [-0.4, -0.2) is 123 Å². The van der Waals surface area contributed by atoms with E-state index < -0.39 is 97.4 Å². The molecule has 6 amide bonds. The number of para-hydroxylation sites is 1. The first-order valence-electron chi connectivity index (χ1n) is 17.8. The van der Waals surface area contributed by atoms with E-state index in [1.807, 2.05) is 18.2 Å². The van der Waals surface area contributed by atoms with Crippen LogP contribution >= 0.6 is 0 Å². The molecule has 19 heteroatoms. The average Bonchev–Trinajstić information content (AvgIpc) is 3.57. The molecule has 13 N–H and O–H groups in total. The highest BCUT2D eigenvalue weighted by Gasteiger charge is 2.31. The van der Waals surface area contributed by atoms with E-state index in [1.54, 1.807) is 26.1 Å². The second kappa shape index (κ2) is 21.1. The number of hydrogen-bond acceptors (Lipinski definition) is 11. The zero-order valence-corrected chi connectivity index (χ0v) is 31.2. The summed E-state index contributed by atoms with van der Waals surface area (Å²) < 4.78 is 0. The lowest BCUT2D eigenvalue weighted by molar-refractivity contribution is -0.142. The number of aliphatic carboxylic acids is 1. The van der Waals surface area contributed by atoms with Crippen molar-refractivity contribution in [3.63, 3.8) is 0 Å². The van der Waals surface area contributed by atoms with Crippen LogP contribution < -0.4 is 37.6 Å². The molecule has 0 aliphatic rings. The van der Waals surface area contributed by atoms with Gasteiger partial charge in [-0.1, -0.05) is 44.2 Å². The Morgan fingerprint density at radius 2 is 1.29 bits per heavy atom. The third-order valence-corrected chi connectivity index (χ3v) is 8.60. The van der Waals surface area contributed by atoms with Gasteiger partial charge in [-0.25, -0.2) is 0 Å². The van der Waals surface area contributed by atoms with Crippen LogP contribution in [0.25, 0.3) is 10.9 Å². The highest BCUT2D eigenvalue weighted by atomic mass is 16.4. The van der Waals surface area contributed by atoms with E-state index in [4.69, 9.17) is 10.8 Å². The van der Waals surface area contributed by atoms with Gasteiger partial charge >= 0.3 is 5.97 Å². The molecule has 0 unspecified atom stereocenters. The largest absolute Gasteiger partial charge is 0.508 e. The number of carboxylic acid groups (broad SMARTS) is 1. The molecule has 0 fully saturated rings. The Morgan fingerprint density at radius 1 is 0.696 bits per heavy atom. The topological polar surface area (TPSA) is 314 Å². The van der Waals surface area contributed by atoms with E-state index in [9.17, 15) is 48.9 Å². The average molecular weight is 783 g/mol. The van der Waals surface area contributed by atoms with Gasteiger partial charge in [0.25, 0.3) is 0 Å². The number of rotatable bonds is 21. The van der Waals surface area contributed by atoms with Gasteiger partial charge in [-0.05, 0) is 48.6 Å². The minimum atomic E-state index is -1.56. The zero-order valence-electron chi connectivity index (χ0n) is 31.2. The zero-order chi connectivity index (χ0) is 41.5. The van der Waals surface area contributed by atoms with Gasteiger partial charge in [0.05, 0.1) is 19.8 Å². The van der Waals surface area contributed by atoms with Crippen LogP contribution in [-0.2, 0) is 46.4 Å². The quantitative estimate of drug-likeness (QED) is 0.0541. The molecular formula is C37H50N8O11. The molecule has 6 atom stereocenters. The number of aliphatic hydroxyl groups is 2. The normalized spacial score (nSPS) is 14.3. The van der Waals surface area contributed by atoms with Crippen molar-refractivity contribution in [2.45, 2.75) is 76.3 Å². The number of carboxylic acids is 1. The molecule has 0 saturated heterocycles. The SMILES string of the molecule is CC(C)C[C@H](NC(=O)[C@H](CO)NC(=O)CNC(=O)[C@H](Cc1ccc(O)cc1)NC(=O)[C@H](Cc1c[nH]c2ccccc12)NC(=O)[C@@H](N)CO)C(=O)N[C@@H](C)C(=O)O. The monoisotopic (exact) mass is 782 g/mol. The number of fused-ring (bicyclic) bond motifs is 1. The van der Waals surface area contributed by atoms with E-state index in [2.05, 4.69) is 36.9 Å². The molecule has 0 spiro atoms. The molecule has 3 rings (SSSR count). The fourth-order valence-electron chi connectivity index (χ4n) is 5.52. The van der Waals surface area contributed by atoms with Crippen molar-refractivity contribution in [3.05, 3.63) is 65.9 Å². The molecule has 3 aromatic rings. The minimum absolute atomic E-state index is 0.0431. The number of nitrogens with one attached hydrogen (secondary N) is 7. The Balaban J connectivity index is 1.75. The van der Waals surface area contributed by atoms with Crippen molar-refractivity contribution in [3.8, 4) is 5.75 Å². The molecule has 2 aromatic carbocycles. The molecule has 0 saturated carbocycles. The van der Waals surface area contributed by atoms with Crippen LogP contribution in [0.3, 0.4) is 0 Å². The van der Waals surface area contributed by atoms with Gasteiger partial charge in [0.1, 0.15) is 42.0 Å². The smallest absolute Gasteiger partial charge is 0.325 e. The summed E-state index contributed by atoms with van der Waals surface area (Å²) in [5.41, 5.74) is 7.64. The third-order valence-electron chi connectivity index (χ3n) is 8.60. The van der Waals surface area contributed by atoms with E-state index in [1.165, 1.54) is 31.2 Å². The fraction of sp³-hybridized carbons (Fsp3) is 0.432. The van der Waals surface area contributed by atoms with Gasteiger partial charge in [-0.3, -0.25) is 33.6 Å². The number of hydrogen-bond donors (Lipinski definition) is 12. The molecule has 0 aliphatic carbocycles. The Labute approximate surface area is 322 Å². The van der Waals surface area contributed by atoms with Crippen molar-refractivity contribution in [1.82, 2.24) is 36.9 Å². The first-order valence-corrected chi connectivity index (χ1v) is 17.8. The van der Waals surface area contributed by atoms with Crippen molar-refractivity contribution in [2.75, 3.05) is 19.8 Å². The van der Waals surface area contributed by atoms with Crippen LogP contribution in [0.4, 0.5) is 0 Å². The molecule has 0 bridgehead atoms. The lowest BCUT2D eigenvalue weighted by Gasteiger charge is -2.25. The Morgan fingerprint density at radius 3 is 1.91 bits per heavy atom. The lowest BCUT2D eigenvalue weighted by atomic mass is 10.0. The second-order valence-electron chi connectivity index (χ2n) is 13.6. The number of phenolic OH excluding ortho intramolecular Hbond substituents is 1. The van der Waals surface area contributed by atoms with E-state index in [0.29, 0.717) is 11.1 Å². The molecule has 1 heterocycles. The lowest BCUT2D eigenvalue weighted by Crippen LogP contribution is -2.58. The Kier molecular flexibility index (Phi) is 16.7. The first-order chi connectivity index (χ1) is 26.5. The van der Waals surface area contributed by atoms with Crippen LogP contribution in [0.2, 0.25) is 0 Å². The van der Waals surface area contributed by atoms with Gasteiger partial charge in [-0.2, -0.15) is 0 Å². The number of aromatic hydroxyl groups is 1. The second-order valence-corrected chi connectivity index (χ2v) is 13.6. The minimum Gasteiger partial charge on any atom is -0.508 e. The standard InChI is InChI=1S/C37H50N8O11/c1-19(2)12-27(34(52)41-20(3)37(55)56)44-36(54)30(18-47)42-31(49)16-40-33(51)28(13-21-8-10-23(48)11-9-21)45-35(53)29(43-32(50)25(38)17-46)14-22-15-39-26-7-5-4-6-24(22)26/h4-11,15,19-20,25,27-30,39,46-48H,12-14,16-18,38H2,1-3H3,(H,40,51)(H,41,52)(H,42,49)(H,43,50)(H,44,54)(H,45,53)(H,55,56)/t20-,25-,27-,28-,29-,30-/m0/s1. The third kappa shape index (κ3) is 13.4. The molecule has 0 radical (unpaired) electrons. The number of phenols is 1. The van der Waals surface area contributed by atoms with E-state index in [0.717, 1.165) is 10.9 Å². The number of H-pyrrole nitrogens is 1. The van der Waals surface area contributed by atoms with Crippen LogP contribution in [0, 0.1) is 5.92 Å². The van der Waals surface area contributed by atoms with Gasteiger partial charge in [0.15, 0.2) is 0 Å². The predicted molar refractivity (Wildman–Crippen MR) is 201 cm³/mol. The number of carbonyl (C=O) groups is 7. The maximum atomic E-state index is 13.8. The number of amides is 6. The summed E-state index contributed by atoms with van der Waals surface area (Å²) in [7, 11) is 0. The maximum absolute atomic E-state index is 13.8. The summed E-state index contributed by atoms with van der Waals surface area (Å²) in [6.45, 7) is 2.47. The Hall–Kier alpha value is -6.05. The highest BCUT2D eigenvalue weighted by Crippen LogP contribution is 2.20. The number of aromatic nitrogens is 1. The predicted octanol–water partition coefficient (Wildman–Crippen LogP) is -2.34. The van der Waals surface area contributed by atoms with Crippen LogP contribution in [0.5, 0.6) is 5.75 Å². The summed E-state index contributed by atoms with van der Waals surface area (Å²) in [6, 6.07) is 5.05. The first kappa shape index (κ1) is 44.3. The number of carbonyl (C=O) groups excluding carboxylic acids is 6. The van der Waals surface area contributed by atoms with E-state index in [-0.39, 0.29) is 30.9 Å². The fourth-order valence-corrected chi connectivity index (χ4v) is 5.52. The van der Waals surface area contributed by atoms with Gasteiger partial charge in [-0.15, -0.1) is 0 Å². The van der Waals surface area contributed by atoms with Crippen molar-refractivity contribution >= 4 is 52.3 Å². The van der Waals surface area contributed by atoms with Crippen molar-refractivity contribution in [1.29, 1.82) is 0 Å². The molecular weight excluding hydrogens is 732 g/mol. The summed E-state index contributed by atoms with van der Waals surface area (Å²) in [5.74, 6) is -6.58.